The Morgan fingerprint density at radius 1 is 1.16 bits per heavy atom. The third-order valence-corrected chi connectivity index (χ3v) is 2.16. The minimum Gasteiger partial charge on any atom is -0.481 e. The second kappa shape index (κ2) is 12.0. The van der Waals surface area contributed by atoms with E-state index in [2.05, 4.69) is 0 Å². The number of hydrogen-bond acceptors (Lipinski definition) is 7. The first-order chi connectivity index (χ1) is 8.81. The summed E-state index contributed by atoms with van der Waals surface area (Å²) in [5.74, 6) is -0.693. The Morgan fingerprint density at radius 3 is 1.95 bits per heavy atom. The number of aldehydes is 1. The van der Waals surface area contributed by atoms with Gasteiger partial charge in [-0.2, -0.15) is 0 Å². The molecule has 0 radical (unpaired) electrons. The molecule has 6 N–H and O–H groups in total. The number of aliphatic hydroxyl groups is 5. The van der Waals surface area contributed by atoms with Gasteiger partial charge in [-0.25, -0.2) is 0 Å². The quantitative estimate of drug-likeness (QED) is 0.276. The predicted molar refractivity (Wildman–Crippen MR) is 64.3 cm³/mol. The molecular weight excluding hydrogens is 260 g/mol. The number of carboxylic acid groups (broad SMARTS) is 1. The van der Waals surface area contributed by atoms with Crippen LogP contribution in [0.5, 0.6) is 0 Å². The molecule has 0 heterocycles. The van der Waals surface area contributed by atoms with Crippen molar-refractivity contribution >= 4 is 12.3 Å². The Kier molecular flexibility index (Phi) is 12.8. The number of carbonyl (C=O) groups is 2. The van der Waals surface area contributed by atoms with Gasteiger partial charge in [-0.3, -0.25) is 4.79 Å². The van der Waals surface area contributed by atoms with Gasteiger partial charge in [-0.15, -0.1) is 0 Å². The number of carboxylic acids is 1. The zero-order valence-corrected chi connectivity index (χ0v) is 10.7. The normalized spacial score (nSPS) is 16.5. The lowest BCUT2D eigenvalue weighted by atomic mass is 10.0. The van der Waals surface area contributed by atoms with E-state index < -0.39 is 37.0 Å². The fourth-order valence-corrected chi connectivity index (χ4v) is 0.946. The molecule has 0 saturated heterocycles. The van der Waals surface area contributed by atoms with Crippen LogP contribution in [0.2, 0.25) is 0 Å². The molecular formula is C11H22O8. The summed E-state index contributed by atoms with van der Waals surface area (Å²) in [6.45, 7) is 1.22. The molecule has 4 atom stereocenters. The molecule has 0 aliphatic rings. The minimum absolute atomic E-state index is 0.0258. The lowest BCUT2D eigenvalue weighted by molar-refractivity contribution is -0.137. The van der Waals surface area contributed by atoms with Crippen molar-refractivity contribution in [3.8, 4) is 0 Å². The fourth-order valence-electron chi connectivity index (χ4n) is 0.946. The standard InChI is InChI=1S/C6H12O6.C5H10O2/c7-1-3(9)5(11)6(12)4(10)2-8;1-2-3-4-5(6)7/h1,3-6,8-12H,2H2;2-4H2,1H3,(H,6,7)/t3-,4+,5+,6+;/m0./s1. The molecule has 114 valence electrons. The van der Waals surface area contributed by atoms with E-state index in [1.807, 2.05) is 6.92 Å². The maximum Gasteiger partial charge on any atom is 0.303 e. The van der Waals surface area contributed by atoms with Crippen LogP contribution in [0.15, 0.2) is 0 Å². The van der Waals surface area contributed by atoms with Crippen molar-refractivity contribution in [2.75, 3.05) is 6.61 Å². The van der Waals surface area contributed by atoms with Gasteiger partial charge < -0.3 is 35.4 Å². The summed E-state index contributed by atoms with van der Waals surface area (Å²) in [6.07, 6.45) is -4.76. The summed E-state index contributed by atoms with van der Waals surface area (Å²) in [5, 5.41) is 51.6. The zero-order valence-electron chi connectivity index (χ0n) is 10.7. The van der Waals surface area contributed by atoms with Crippen molar-refractivity contribution in [3.05, 3.63) is 0 Å². The molecule has 0 fully saturated rings. The highest BCUT2D eigenvalue weighted by molar-refractivity contribution is 5.66. The van der Waals surface area contributed by atoms with Crippen LogP contribution in [0.1, 0.15) is 26.2 Å². The van der Waals surface area contributed by atoms with Gasteiger partial charge in [0, 0.05) is 6.42 Å². The summed E-state index contributed by atoms with van der Waals surface area (Å²) in [4.78, 5) is 19.7. The molecule has 0 aliphatic heterocycles. The lowest BCUT2D eigenvalue weighted by Gasteiger charge is -2.22. The van der Waals surface area contributed by atoms with Gasteiger partial charge in [-0.1, -0.05) is 13.3 Å². The average Bonchev–Trinajstić information content (AvgIpc) is 2.42. The van der Waals surface area contributed by atoms with Crippen molar-refractivity contribution in [3.63, 3.8) is 0 Å². The number of carbonyl (C=O) groups excluding carboxylic acids is 1. The van der Waals surface area contributed by atoms with Crippen molar-refractivity contribution in [2.45, 2.75) is 50.6 Å². The van der Waals surface area contributed by atoms with Gasteiger partial charge in [0.05, 0.1) is 6.61 Å². The summed E-state index contributed by atoms with van der Waals surface area (Å²) < 4.78 is 0. The monoisotopic (exact) mass is 282 g/mol. The van der Waals surface area contributed by atoms with Crippen LogP contribution in [0.25, 0.3) is 0 Å². The number of unbranched alkanes of at least 4 members (excludes halogenated alkanes) is 1. The molecule has 0 aromatic carbocycles. The first-order valence-electron chi connectivity index (χ1n) is 5.81. The Labute approximate surface area is 110 Å². The summed E-state index contributed by atoms with van der Waals surface area (Å²) in [5.41, 5.74) is 0. The largest absolute Gasteiger partial charge is 0.481 e. The van der Waals surface area contributed by atoms with Crippen LogP contribution in [-0.4, -0.2) is 73.9 Å². The molecule has 0 spiro atoms. The molecule has 0 aromatic rings. The van der Waals surface area contributed by atoms with Gasteiger partial charge in [0.15, 0.2) is 6.29 Å². The van der Waals surface area contributed by atoms with Crippen LogP contribution in [0.3, 0.4) is 0 Å². The number of hydrogen-bond donors (Lipinski definition) is 6. The Hall–Kier alpha value is -1.06. The topological polar surface area (TPSA) is 156 Å². The number of rotatable bonds is 8. The smallest absolute Gasteiger partial charge is 0.303 e. The van der Waals surface area contributed by atoms with Gasteiger partial charge >= 0.3 is 5.97 Å². The SMILES string of the molecule is CCCCC(=O)O.O=C[C@H](O)[C@@H](O)[C@H](O)[C@H](O)CO. The average molecular weight is 282 g/mol. The molecule has 0 rings (SSSR count). The maximum absolute atomic E-state index is 9.90. The van der Waals surface area contributed by atoms with Crippen LogP contribution < -0.4 is 0 Å². The van der Waals surface area contributed by atoms with Crippen LogP contribution >= 0.6 is 0 Å². The van der Waals surface area contributed by atoms with E-state index in [-0.39, 0.29) is 6.29 Å². The number of aliphatic hydroxyl groups excluding tert-OH is 5. The highest BCUT2D eigenvalue weighted by Crippen LogP contribution is 2.02. The molecule has 19 heavy (non-hydrogen) atoms. The van der Waals surface area contributed by atoms with E-state index in [0.29, 0.717) is 6.42 Å². The third kappa shape index (κ3) is 10.5. The van der Waals surface area contributed by atoms with E-state index in [0.717, 1.165) is 12.8 Å². The van der Waals surface area contributed by atoms with Crippen molar-refractivity contribution < 1.29 is 40.2 Å². The third-order valence-electron chi connectivity index (χ3n) is 2.16. The second-order valence-electron chi connectivity index (χ2n) is 3.86. The molecule has 8 heteroatoms. The Balaban J connectivity index is 0. The van der Waals surface area contributed by atoms with Crippen molar-refractivity contribution in [2.24, 2.45) is 0 Å². The Morgan fingerprint density at radius 2 is 1.68 bits per heavy atom. The van der Waals surface area contributed by atoms with E-state index in [9.17, 15) is 9.59 Å². The molecule has 8 nitrogen and oxygen atoms in total. The van der Waals surface area contributed by atoms with Gasteiger partial charge in [-0.05, 0) is 6.42 Å². The fraction of sp³-hybridized carbons (Fsp3) is 0.818. The van der Waals surface area contributed by atoms with Gasteiger partial charge in [0.1, 0.15) is 24.4 Å². The van der Waals surface area contributed by atoms with Gasteiger partial charge in [0.2, 0.25) is 0 Å². The van der Waals surface area contributed by atoms with Crippen molar-refractivity contribution in [1.82, 2.24) is 0 Å². The summed E-state index contributed by atoms with van der Waals surface area (Å²) >= 11 is 0. The van der Waals surface area contributed by atoms with Crippen molar-refractivity contribution in [1.29, 1.82) is 0 Å². The second-order valence-corrected chi connectivity index (χ2v) is 3.86. The van der Waals surface area contributed by atoms with Crippen LogP contribution in [0, 0.1) is 0 Å². The predicted octanol–water partition coefficient (Wildman–Crippen LogP) is -2.12. The minimum atomic E-state index is -1.79. The number of aliphatic carboxylic acids is 1. The van der Waals surface area contributed by atoms with Gasteiger partial charge in [0.25, 0.3) is 0 Å². The highest BCUT2D eigenvalue weighted by atomic mass is 16.4. The summed E-state index contributed by atoms with van der Waals surface area (Å²) in [6, 6.07) is 0. The molecule has 0 aliphatic carbocycles. The molecule has 0 unspecified atom stereocenters. The molecule has 0 saturated carbocycles. The Bertz CT molecular complexity index is 245. The highest BCUT2D eigenvalue weighted by Gasteiger charge is 2.29. The maximum atomic E-state index is 9.90. The first-order valence-corrected chi connectivity index (χ1v) is 5.81. The molecule has 0 aromatic heterocycles. The molecule has 0 bridgehead atoms. The zero-order chi connectivity index (χ0) is 15.4. The van der Waals surface area contributed by atoms with E-state index in [1.54, 1.807) is 0 Å². The summed E-state index contributed by atoms with van der Waals surface area (Å²) in [7, 11) is 0. The van der Waals surface area contributed by atoms with E-state index >= 15 is 0 Å². The molecule has 0 amide bonds. The van der Waals surface area contributed by atoms with E-state index in [1.165, 1.54) is 0 Å². The van der Waals surface area contributed by atoms with E-state index in [4.69, 9.17) is 30.6 Å². The van der Waals surface area contributed by atoms with Crippen LogP contribution in [0.4, 0.5) is 0 Å². The first kappa shape index (κ1) is 20.3. The van der Waals surface area contributed by atoms with Crippen LogP contribution in [-0.2, 0) is 9.59 Å². The lowest BCUT2D eigenvalue weighted by Crippen LogP contribution is -2.46.